The summed E-state index contributed by atoms with van der Waals surface area (Å²) in [6, 6.07) is 10.7. The monoisotopic (exact) mass is 458 g/mol. The van der Waals surface area contributed by atoms with Crippen molar-refractivity contribution in [1.29, 1.82) is 0 Å². The Labute approximate surface area is 195 Å². The molecular formula is C27H35FO5. The van der Waals surface area contributed by atoms with Crippen LogP contribution in [0.5, 0.6) is 5.75 Å². The third kappa shape index (κ3) is 7.02. The number of ether oxygens (including phenoxy) is 1. The molecule has 0 saturated heterocycles. The van der Waals surface area contributed by atoms with E-state index in [-0.39, 0.29) is 24.8 Å². The van der Waals surface area contributed by atoms with Crippen molar-refractivity contribution in [3.05, 3.63) is 53.3 Å². The van der Waals surface area contributed by atoms with Crippen LogP contribution in [0.15, 0.2) is 36.4 Å². The summed E-state index contributed by atoms with van der Waals surface area (Å²) in [5, 5.41) is 29.0. The highest BCUT2D eigenvalue weighted by Crippen LogP contribution is 2.42. The molecule has 1 fully saturated rings. The second-order valence-corrected chi connectivity index (χ2v) is 9.44. The maximum absolute atomic E-state index is 13.6. The van der Waals surface area contributed by atoms with Crippen molar-refractivity contribution < 1.29 is 29.2 Å². The number of carboxylic acid groups (broad SMARTS) is 1. The average Bonchev–Trinajstić information content (AvgIpc) is 2.77. The molecule has 1 saturated carbocycles. The molecule has 0 amide bonds. The zero-order valence-corrected chi connectivity index (χ0v) is 19.5. The van der Waals surface area contributed by atoms with E-state index in [1.165, 1.54) is 37.0 Å². The molecule has 2 aromatic carbocycles. The van der Waals surface area contributed by atoms with Gasteiger partial charge in [0, 0.05) is 12.0 Å². The molecule has 0 aliphatic heterocycles. The zero-order valence-electron chi connectivity index (χ0n) is 19.5. The van der Waals surface area contributed by atoms with E-state index in [1.54, 1.807) is 12.1 Å². The van der Waals surface area contributed by atoms with Crippen molar-refractivity contribution in [2.75, 3.05) is 6.61 Å². The van der Waals surface area contributed by atoms with E-state index in [4.69, 9.17) is 9.84 Å². The molecule has 2 atom stereocenters. The van der Waals surface area contributed by atoms with Gasteiger partial charge in [0.2, 0.25) is 0 Å². The first-order valence-electron chi connectivity index (χ1n) is 11.9. The molecule has 5 nitrogen and oxygen atoms in total. The lowest BCUT2D eigenvalue weighted by atomic mass is 9.81. The Hall–Kier alpha value is -2.44. The highest BCUT2D eigenvalue weighted by Gasteiger charge is 2.23. The molecule has 6 heteroatoms. The van der Waals surface area contributed by atoms with Crippen molar-refractivity contribution in [1.82, 2.24) is 0 Å². The summed E-state index contributed by atoms with van der Waals surface area (Å²) in [6.45, 7) is 4.11. The quantitative estimate of drug-likeness (QED) is 0.430. The van der Waals surface area contributed by atoms with Crippen LogP contribution in [0.4, 0.5) is 4.39 Å². The molecule has 0 spiro atoms. The summed E-state index contributed by atoms with van der Waals surface area (Å²) in [5.41, 5.74) is 3.99. The number of aliphatic hydroxyl groups excluding tert-OH is 2. The van der Waals surface area contributed by atoms with Gasteiger partial charge in [-0.15, -0.1) is 0 Å². The first kappa shape index (κ1) is 25.2. The van der Waals surface area contributed by atoms with Gasteiger partial charge in [-0.2, -0.15) is 0 Å². The molecule has 0 unspecified atom stereocenters. The van der Waals surface area contributed by atoms with Crippen molar-refractivity contribution in [2.45, 2.75) is 82.8 Å². The third-order valence-electron chi connectivity index (χ3n) is 6.37. The third-order valence-corrected chi connectivity index (χ3v) is 6.37. The summed E-state index contributed by atoms with van der Waals surface area (Å²) in [7, 11) is 0. The fourth-order valence-corrected chi connectivity index (χ4v) is 4.63. The zero-order chi connectivity index (χ0) is 24.0. The van der Waals surface area contributed by atoms with Crippen molar-refractivity contribution in [2.24, 2.45) is 0 Å². The van der Waals surface area contributed by atoms with Gasteiger partial charge in [0.05, 0.1) is 18.6 Å². The first-order valence-corrected chi connectivity index (χ1v) is 11.9. The molecule has 3 rings (SSSR count). The fraction of sp³-hybridized carbons (Fsp3) is 0.519. The standard InChI is InChI=1S/C27H35FO5/c1-17(2)24-12-20(18-6-4-3-5-7-18)13-25(19-8-10-21(28)11-9-19)27(24)33-16-23(30)14-22(29)15-26(31)32/h8-13,17-18,22-23,29-30H,3-7,14-16H2,1-2H3,(H,31,32)/t22-,23+/m1/s1. The van der Waals surface area contributed by atoms with E-state index in [0.717, 1.165) is 29.5 Å². The highest BCUT2D eigenvalue weighted by molar-refractivity contribution is 5.74. The smallest absolute Gasteiger partial charge is 0.305 e. The van der Waals surface area contributed by atoms with Gasteiger partial charge in [-0.3, -0.25) is 4.79 Å². The highest BCUT2D eigenvalue weighted by atomic mass is 19.1. The maximum Gasteiger partial charge on any atom is 0.305 e. The van der Waals surface area contributed by atoms with Gasteiger partial charge >= 0.3 is 5.97 Å². The molecule has 1 aliphatic carbocycles. The Morgan fingerprint density at radius 2 is 1.73 bits per heavy atom. The second kappa shape index (κ2) is 11.6. The molecule has 3 N–H and O–H groups in total. The molecule has 0 heterocycles. The Balaban J connectivity index is 1.94. The average molecular weight is 459 g/mol. The van der Waals surface area contributed by atoms with E-state index in [2.05, 4.69) is 26.0 Å². The lowest BCUT2D eigenvalue weighted by Crippen LogP contribution is -2.26. The Bertz CT molecular complexity index is 919. The van der Waals surface area contributed by atoms with Gasteiger partial charge in [0.25, 0.3) is 0 Å². The molecular weight excluding hydrogens is 423 g/mol. The van der Waals surface area contributed by atoms with Crippen LogP contribution >= 0.6 is 0 Å². The summed E-state index contributed by atoms with van der Waals surface area (Å²) in [5.74, 6) is -0.132. The van der Waals surface area contributed by atoms with Gasteiger partial charge in [-0.25, -0.2) is 4.39 Å². The number of carbonyl (C=O) groups is 1. The molecule has 2 aromatic rings. The summed E-state index contributed by atoms with van der Waals surface area (Å²) < 4.78 is 19.7. The van der Waals surface area contributed by atoms with E-state index >= 15 is 0 Å². The Morgan fingerprint density at radius 1 is 1.06 bits per heavy atom. The normalized spacial score (nSPS) is 16.5. The Kier molecular flexibility index (Phi) is 8.87. The Morgan fingerprint density at radius 3 is 2.33 bits per heavy atom. The van der Waals surface area contributed by atoms with Crippen LogP contribution < -0.4 is 4.74 Å². The van der Waals surface area contributed by atoms with Gasteiger partial charge in [0.15, 0.2) is 0 Å². The van der Waals surface area contributed by atoms with Gasteiger partial charge in [0.1, 0.15) is 18.2 Å². The lowest BCUT2D eigenvalue weighted by Gasteiger charge is -2.26. The number of rotatable bonds is 10. The first-order chi connectivity index (χ1) is 15.7. The lowest BCUT2D eigenvalue weighted by molar-refractivity contribution is -0.139. The molecule has 33 heavy (non-hydrogen) atoms. The molecule has 180 valence electrons. The van der Waals surface area contributed by atoms with E-state index in [1.807, 2.05) is 0 Å². The van der Waals surface area contributed by atoms with Gasteiger partial charge in [-0.1, -0.05) is 51.3 Å². The molecule has 0 radical (unpaired) electrons. The SMILES string of the molecule is CC(C)c1cc(C2CCCCC2)cc(-c2ccc(F)cc2)c1OC[C@@H](O)C[C@@H](O)CC(=O)O. The number of halogens is 1. The van der Waals surface area contributed by atoms with Crippen LogP contribution in [0.1, 0.15) is 81.8 Å². The minimum atomic E-state index is -1.14. The van der Waals surface area contributed by atoms with Crippen LogP contribution in [0.25, 0.3) is 11.1 Å². The number of aliphatic hydroxyl groups is 2. The maximum atomic E-state index is 13.6. The molecule has 1 aliphatic rings. The number of benzene rings is 2. The minimum Gasteiger partial charge on any atom is -0.490 e. The summed E-state index contributed by atoms with van der Waals surface area (Å²) in [6.07, 6.45) is 3.34. The van der Waals surface area contributed by atoms with Crippen LogP contribution in [-0.2, 0) is 4.79 Å². The molecule has 0 bridgehead atoms. The van der Waals surface area contributed by atoms with Crippen molar-refractivity contribution >= 4 is 5.97 Å². The number of carboxylic acids is 1. The predicted molar refractivity (Wildman–Crippen MR) is 126 cm³/mol. The van der Waals surface area contributed by atoms with E-state index in [9.17, 15) is 19.4 Å². The van der Waals surface area contributed by atoms with Crippen LogP contribution in [0.3, 0.4) is 0 Å². The summed E-state index contributed by atoms with van der Waals surface area (Å²) in [4.78, 5) is 10.8. The van der Waals surface area contributed by atoms with E-state index < -0.39 is 24.6 Å². The predicted octanol–water partition coefficient (Wildman–Crippen LogP) is 5.63. The van der Waals surface area contributed by atoms with Crippen molar-refractivity contribution in [3.63, 3.8) is 0 Å². The number of hydrogen-bond donors (Lipinski definition) is 3. The largest absolute Gasteiger partial charge is 0.490 e. The second-order valence-electron chi connectivity index (χ2n) is 9.44. The van der Waals surface area contributed by atoms with Gasteiger partial charge < -0.3 is 20.1 Å². The van der Waals surface area contributed by atoms with Crippen molar-refractivity contribution in [3.8, 4) is 16.9 Å². The van der Waals surface area contributed by atoms with Gasteiger partial charge in [-0.05, 0) is 59.6 Å². The molecule has 0 aromatic heterocycles. The number of aliphatic carboxylic acids is 1. The van der Waals surface area contributed by atoms with Crippen LogP contribution in [-0.4, -0.2) is 40.1 Å². The minimum absolute atomic E-state index is 0.0760. The van der Waals surface area contributed by atoms with Crippen LogP contribution in [0.2, 0.25) is 0 Å². The summed E-state index contributed by atoms with van der Waals surface area (Å²) >= 11 is 0. The number of hydrogen-bond acceptors (Lipinski definition) is 4. The van der Waals surface area contributed by atoms with Crippen LogP contribution in [0, 0.1) is 5.82 Å². The fourth-order valence-electron chi connectivity index (χ4n) is 4.63. The van der Waals surface area contributed by atoms with E-state index in [0.29, 0.717) is 11.7 Å². The topological polar surface area (TPSA) is 87.0 Å².